The van der Waals surface area contributed by atoms with Crippen molar-refractivity contribution in [3.05, 3.63) is 82.2 Å². The standard InChI is InChI=1S/C20H19N5O4/c1-23(2)19(26)12-14-6-8-15(9-7-14)21-20(27)18-10-11-24(22-18)16-4-3-5-17(13-16)25(28)29/h3-11,13H,12H2,1-2H3,(H,21,27). The van der Waals surface area contributed by atoms with Gasteiger partial charge in [-0.1, -0.05) is 18.2 Å². The third-order valence-electron chi connectivity index (χ3n) is 4.19. The van der Waals surface area contributed by atoms with Gasteiger partial charge in [0.15, 0.2) is 5.69 Å². The monoisotopic (exact) mass is 393 g/mol. The van der Waals surface area contributed by atoms with Gasteiger partial charge in [0, 0.05) is 38.1 Å². The fourth-order valence-corrected chi connectivity index (χ4v) is 2.57. The van der Waals surface area contributed by atoms with E-state index in [1.807, 2.05) is 0 Å². The van der Waals surface area contributed by atoms with E-state index in [4.69, 9.17) is 0 Å². The van der Waals surface area contributed by atoms with Gasteiger partial charge in [0.2, 0.25) is 5.91 Å². The molecule has 3 rings (SSSR count). The first-order valence-electron chi connectivity index (χ1n) is 8.74. The number of rotatable bonds is 6. The lowest BCUT2D eigenvalue weighted by atomic mass is 10.1. The average Bonchev–Trinajstić information content (AvgIpc) is 3.20. The molecule has 0 aliphatic carbocycles. The van der Waals surface area contributed by atoms with Gasteiger partial charge in [-0.2, -0.15) is 5.10 Å². The number of hydrogen-bond donors (Lipinski definition) is 1. The smallest absolute Gasteiger partial charge is 0.276 e. The molecule has 9 heteroatoms. The van der Waals surface area contributed by atoms with E-state index in [-0.39, 0.29) is 23.7 Å². The number of aromatic nitrogens is 2. The molecule has 2 amide bonds. The fraction of sp³-hybridized carbons (Fsp3) is 0.150. The SMILES string of the molecule is CN(C)C(=O)Cc1ccc(NC(=O)c2ccn(-c3cccc([N+](=O)[O-])c3)n2)cc1. The van der Waals surface area contributed by atoms with Crippen LogP contribution in [0.1, 0.15) is 16.1 Å². The van der Waals surface area contributed by atoms with Crippen molar-refractivity contribution in [3.63, 3.8) is 0 Å². The molecule has 0 atom stereocenters. The zero-order valence-electron chi connectivity index (χ0n) is 15.9. The summed E-state index contributed by atoms with van der Waals surface area (Å²) in [4.78, 5) is 36.1. The lowest BCUT2D eigenvalue weighted by Crippen LogP contribution is -2.23. The van der Waals surface area contributed by atoms with E-state index in [0.29, 0.717) is 11.4 Å². The first kappa shape index (κ1) is 19.7. The second-order valence-corrected chi connectivity index (χ2v) is 6.54. The van der Waals surface area contributed by atoms with Crippen molar-refractivity contribution in [1.29, 1.82) is 0 Å². The van der Waals surface area contributed by atoms with Crippen molar-refractivity contribution in [1.82, 2.24) is 14.7 Å². The van der Waals surface area contributed by atoms with Crippen molar-refractivity contribution < 1.29 is 14.5 Å². The Kier molecular flexibility index (Phi) is 5.68. The maximum absolute atomic E-state index is 12.4. The van der Waals surface area contributed by atoms with Crippen LogP contribution in [0.4, 0.5) is 11.4 Å². The Labute approximate surface area is 166 Å². The van der Waals surface area contributed by atoms with E-state index >= 15 is 0 Å². The molecule has 1 aromatic heterocycles. The van der Waals surface area contributed by atoms with E-state index in [1.165, 1.54) is 27.8 Å². The van der Waals surface area contributed by atoms with Crippen molar-refractivity contribution >= 4 is 23.2 Å². The molecule has 0 radical (unpaired) electrons. The van der Waals surface area contributed by atoms with E-state index in [2.05, 4.69) is 10.4 Å². The number of anilines is 1. The third kappa shape index (κ3) is 4.83. The van der Waals surface area contributed by atoms with E-state index in [0.717, 1.165) is 5.56 Å². The zero-order chi connectivity index (χ0) is 21.0. The number of amides is 2. The molecule has 0 aliphatic heterocycles. The maximum Gasteiger partial charge on any atom is 0.276 e. The quantitative estimate of drug-likeness (QED) is 0.511. The molecule has 0 saturated heterocycles. The molecular formula is C20H19N5O4. The second-order valence-electron chi connectivity index (χ2n) is 6.54. The lowest BCUT2D eigenvalue weighted by molar-refractivity contribution is -0.384. The van der Waals surface area contributed by atoms with Gasteiger partial charge in [0.25, 0.3) is 11.6 Å². The molecule has 0 saturated carbocycles. The van der Waals surface area contributed by atoms with E-state index < -0.39 is 10.8 Å². The minimum Gasteiger partial charge on any atom is -0.349 e. The topological polar surface area (TPSA) is 110 Å². The van der Waals surface area contributed by atoms with E-state index in [1.54, 1.807) is 56.7 Å². The number of nitro benzene ring substituents is 1. The van der Waals surface area contributed by atoms with Crippen molar-refractivity contribution in [2.45, 2.75) is 6.42 Å². The Balaban J connectivity index is 1.68. The van der Waals surface area contributed by atoms with Crippen LogP contribution >= 0.6 is 0 Å². The summed E-state index contributed by atoms with van der Waals surface area (Å²) in [7, 11) is 3.40. The van der Waals surface area contributed by atoms with Crippen LogP contribution in [-0.2, 0) is 11.2 Å². The Morgan fingerprint density at radius 1 is 1.14 bits per heavy atom. The summed E-state index contributed by atoms with van der Waals surface area (Å²) >= 11 is 0. The number of non-ortho nitro benzene ring substituents is 1. The van der Waals surface area contributed by atoms with Crippen molar-refractivity contribution in [2.24, 2.45) is 0 Å². The number of likely N-dealkylation sites (N-methyl/N-ethyl adjacent to an activating group) is 1. The van der Waals surface area contributed by atoms with Crippen LogP contribution in [0, 0.1) is 10.1 Å². The molecule has 2 aromatic carbocycles. The number of carbonyl (C=O) groups is 2. The number of carbonyl (C=O) groups excluding carboxylic acids is 2. The van der Waals surface area contributed by atoms with Gasteiger partial charge in [-0.05, 0) is 29.8 Å². The van der Waals surface area contributed by atoms with Gasteiger partial charge in [0.1, 0.15) is 0 Å². The number of nitrogens with one attached hydrogen (secondary N) is 1. The van der Waals surface area contributed by atoms with Crippen LogP contribution in [0.3, 0.4) is 0 Å². The summed E-state index contributed by atoms with van der Waals surface area (Å²) in [6, 6.07) is 14.5. The number of nitrogens with zero attached hydrogens (tertiary/aromatic N) is 4. The highest BCUT2D eigenvalue weighted by Gasteiger charge is 2.13. The predicted octanol–water partition coefficient (Wildman–Crippen LogP) is 2.66. The summed E-state index contributed by atoms with van der Waals surface area (Å²) in [5.74, 6) is -0.417. The van der Waals surface area contributed by atoms with Crippen molar-refractivity contribution in [3.8, 4) is 5.69 Å². The Bertz CT molecular complexity index is 1060. The van der Waals surface area contributed by atoms with Crippen LogP contribution in [0.25, 0.3) is 5.69 Å². The highest BCUT2D eigenvalue weighted by molar-refractivity contribution is 6.02. The number of benzene rings is 2. The molecule has 0 fully saturated rings. The van der Waals surface area contributed by atoms with Gasteiger partial charge in [-0.3, -0.25) is 19.7 Å². The molecule has 0 bridgehead atoms. The van der Waals surface area contributed by atoms with E-state index in [9.17, 15) is 19.7 Å². The fourth-order valence-electron chi connectivity index (χ4n) is 2.57. The molecule has 148 valence electrons. The molecule has 1 heterocycles. The van der Waals surface area contributed by atoms with Crippen molar-refractivity contribution in [2.75, 3.05) is 19.4 Å². The third-order valence-corrected chi connectivity index (χ3v) is 4.19. The van der Waals surface area contributed by atoms with Crippen LogP contribution < -0.4 is 5.32 Å². The van der Waals surface area contributed by atoms with Crippen LogP contribution in [0.15, 0.2) is 60.8 Å². The van der Waals surface area contributed by atoms with Gasteiger partial charge < -0.3 is 10.2 Å². The summed E-state index contributed by atoms with van der Waals surface area (Å²) in [6.45, 7) is 0. The lowest BCUT2D eigenvalue weighted by Gasteiger charge is -2.10. The molecule has 3 aromatic rings. The van der Waals surface area contributed by atoms with Crippen LogP contribution in [-0.4, -0.2) is 45.5 Å². The average molecular weight is 393 g/mol. The summed E-state index contributed by atoms with van der Waals surface area (Å²) in [6.07, 6.45) is 1.85. The second kappa shape index (κ2) is 8.34. The van der Waals surface area contributed by atoms with Gasteiger partial charge in [-0.15, -0.1) is 0 Å². The first-order chi connectivity index (χ1) is 13.8. The molecule has 1 N–H and O–H groups in total. The van der Waals surface area contributed by atoms with Gasteiger partial charge in [-0.25, -0.2) is 4.68 Å². The minimum absolute atomic E-state index is 0.00604. The molecule has 29 heavy (non-hydrogen) atoms. The highest BCUT2D eigenvalue weighted by atomic mass is 16.6. The molecule has 9 nitrogen and oxygen atoms in total. The van der Waals surface area contributed by atoms with Crippen LogP contribution in [0.2, 0.25) is 0 Å². The molecular weight excluding hydrogens is 374 g/mol. The number of nitro groups is 1. The largest absolute Gasteiger partial charge is 0.349 e. The first-order valence-corrected chi connectivity index (χ1v) is 8.74. The summed E-state index contributed by atoms with van der Waals surface area (Å²) < 4.78 is 1.40. The molecule has 0 aliphatic rings. The zero-order valence-corrected chi connectivity index (χ0v) is 15.9. The summed E-state index contributed by atoms with van der Waals surface area (Å²) in [5, 5.41) is 17.8. The Morgan fingerprint density at radius 2 is 1.86 bits per heavy atom. The van der Waals surface area contributed by atoms with Crippen LogP contribution in [0.5, 0.6) is 0 Å². The normalized spacial score (nSPS) is 10.4. The molecule has 0 spiro atoms. The number of hydrogen-bond acceptors (Lipinski definition) is 5. The van der Waals surface area contributed by atoms with Gasteiger partial charge in [0.05, 0.1) is 17.0 Å². The maximum atomic E-state index is 12.4. The highest BCUT2D eigenvalue weighted by Crippen LogP contribution is 2.17. The Morgan fingerprint density at radius 3 is 2.52 bits per heavy atom. The Hall–Kier alpha value is -4.01. The van der Waals surface area contributed by atoms with Gasteiger partial charge >= 0.3 is 0 Å². The molecule has 0 unspecified atom stereocenters. The summed E-state index contributed by atoms with van der Waals surface area (Å²) in [5.41, 5.74) is 2.01. The minimum atomic E-state index is -0.490. The predicted molar refractivity (Wildman–Crippen MR) is 107 cm³/mol.